The van der Waals surface area contributed by atoms with Crippen molar-refractivity contribution in [1.29, 1.82) is 0 Å². The summed E-state index contributed by atoms with van der Waals surface area (Å²) in [6.45, 7) is -0.00109. The molecule has 0 aliphatic carbocycles. The third-order valence-electron chi connectivity index (χ3n) is 2.15. The van der Waals surface area contributed by atoms with E-state index in [0.29, 0.717) is 13.0 Å². The molecular formula is C9H21N2O4P. The summed E-state index contributed by atoms with van der Waals surface area (Å²) in [6, 6.07) is -0.620. The Morgan fingerprint density at radius 2 is 1.94 bits per heavy atom. The van der Waals surface area contributed by atoms with Crippen molar-refractivity contribution in [2.45, 2.75) is 37.3 Å². The number of carbonyl (C=O) groups is 1. The molecule has 0 aliphatic heterocycles. The molecule has 0 saturated carbocycles. The van der Waals surface area contributed by atoms with Crippen LogP contribution in [-0.2, 0) is 4.79 Å². The van der Waals surface area contributed by atoms with Crippen LogP contribution in [0.15, 0.2) is 0 Å². The first-order valence-corrected chi connectivity index (χ1v) is 6.33. The molecule has 0 saturated heterocycles. The fourth-order valence-corrected chi connectivity index (χ4v) is 2.04. The molecule has 96 valence electrons. The molecule has 0 amide bonds. The van der Waals surface area contributed by atoms with Crippen LogP contribution in [-0.4, -0.2) is 52.0 Å². The lowest BCUT2D eigenvalue weighted by atomic mass is 10.1. The summed E-state index contributed by atoms with van der Waals surface area (Å²) in [4.78, 5) is 11.5. The molecular weight excluding hydrogens is 231 g/mol. The Morgan fingerprint density at radius 1 is 1.31 bits per heavy atom. The van der Waals surface area contributed by atoms with E-state index in [1.165, 1.54) is 0 Å². The van der Waals surface area contributed by atoms with Crippen molar-refractivity contribution in [3.8, 4) is 0 Å². The predicted octanol–water partition coefficient (Wildman–Crippen LogP) is -1.68. The second-order valence-corrected chi connectivity index (χ2v) is 4.97. The Bertz CT molecular complexity index is 206. The molecule has 4 atom stereocenters. The van der Waals surface area contributed by atoms with Crippen LogP contribution in [0, 0.1) is 0 Å². The lowest BCUT2D eigenvalue weighted by molar-refractivity contribution is -0.112. The Morgan fingerprint density at radius 3 is 2.44 bits per heavy atom. The fraction of sp³-hybridized carbons (Fsp3) is 0.889. The van der Waals surface area contributed by atoms with Gasteiger partial charge in [0, 0.05) is 0 Å². The fourth-order valence-electron chi connectivity index (χ4n) is 1.09. The molecule has 7 heteroatoms. The molecule has 0 aromatic rings. The monoisotopic (exact) mass is 252 g/mol. The molecule has 0 spiro atoms. The summed E-state index contributed by atoms with van der Waals surface area (Å²) in [5.41, 5.74) is 10.6. The highest BCUT2D eigenvalue weighted by atomic mass is 31.1. The summed E-state index contributed by atoms with van der Waals surface area (Å²) in [5, 5.41) is 27.0. The van der Waals surface area contributed by atoms with Gasteiger partial charge in [-0.1, -0.05) is 6.42 Å². The quantitative estimate of drug-likeness (QED) is 0.246. The highest BCUT2D eigenvalue weighted by molar-refractivity contribution is 7.58. The van der Waals surface area contributed by atoms with Crippen LogP contribution in [0.25, 0.3) is 0 Å². The van der Waals surface area contributed by atoms with Crippen LogP contribution < -0.4 is 11.5 Å². The number of hydrogen-bond donors (Lipinski definition) is 5. The molecule has 0 bridgehead atoms. The van der Waals surface area contributed by atoms with Crippen molar-refractivity contribution < 1.29 is 20.1 Å². The zero-order valence-corrected chi connectivity index (χ0v) is 10.2. The third-order valence-corrected chi connectivity index (χ3v) is 3.48. The van der Waals surface area contributed by atoms with Gasteiger partial charge in [0.1, 0.15) is 11.9 Å². The van der Waals surface area contributed by atoms with Crippen molar-refractivity contribution in [1.82, 2.24) is 0 Å². The van der Waals surface area contributed by atoms with Crippen molar-refractivity contribution >= 4 is 14.1 Å². The van der Waals surface area contributed by atoms with E-state index in [-0.39, 0.29) is 5.52 Å². The Balaban J connectivity index is 3.86. The molecule has 0 radical (unpaired) electrons. The van der Waals surface area contributed by atoms with Gasteiger partial charge >= 0.3 is 0 Å². The zero-order valence-electron chi connectivity index (χ0n) is 9.17. The summed E-state index contributed by atoms with van der Waals surface area (Å²) in [7, 11) is -0.490. The molecule has 0 heterocycles. The Labute approximate surface area is 96.8 Å². The lowest BCUT2D eigenvalue weighted by Gasteiger charge is -2.17. The SMILES string of the molecule is NCCCCC(N)C(=O)PC(O)C(O)CO. The molecule has 0 aromatic carbocycles. The van der Waals surface area contributed by atoms with Crippen molar-refractivity contribution in [3.63, 3.8) is 0 Å². The van der Waals surface area contributed by atoms with Crippen LogP contribution in [0.1, 0.15) is 19.3 Å². The molecule has 4 unspecified atom stereocenters. The van der Waals surface area contributed by atoms with Crippen molar-refractivity contribution in [2.24, 2.45) is 11.5 Å². The van der Waals surface area contributed by atoms with E-state index in [9.17, 15) is 9.90 Å². The molecule has 0 rings (SSSR count). The molecule has 6 nitrogen and oxygen atoms in total. The van der Waals surface area contributed by atoms with Gasteiger partial charge in [0.15, 0.2) is 5.52 Å². The van der Waals surface area contributed by atoms with Crippen LogP contribution in [0.5, 0.6) is 0 Å². The van der Waals surface area contributed by atoms with E-state index in [0.717, 1.165) is 12.8 Å². The number of aliphatic hydroxyl groups excluding tert-OH is 3. The highest BCUT2D eigenvalue weighted by Gasteiger charge is 2.22. The second kappa shape index (κ2) is 8.98. The van der Waals surface area contributed by atoms with E-state index in [4.69, 9.17) is 21.7 Å². The van der Waals surface area contributed by atoms with E-state index in [2.05, 4.69) is 0 Å². The van der Waals surface area contributed by atoms with Gasteiger partial charge in [0.25, 0.3) is 0 Å². The Hall–Kier alpha value is -0.100. The highest BCUT2D eigenvalue weighted by Crippen LogP contribution is 2.23. The van der Waals surface area contributed by atoms with Gasteiger partial charge in [0.05, 0.1) is 12.6 Å². The van der Waals surface area contributed by atoms with E-state index in [1.54, 1.807) is 0 Å². The number of aliphatic hydroxyl groups is 3. The minimum Gasteiger partial charge on any atom is -0.394 e. The summed E-state index contributed by atoms with van der Waals surface area (Å²) < 4.78 is 0. The summed E-state index contributed by atoms with van der Waals surface area (Å²) >= 11 is 0. The molecule has 16 heavy (non-hydrogen) atoms. The van der Waals surface area contributed by atoms with Gasteiger partial charge in [0.2, 0.25) is 0 Å². The van der Waals surface area contributed by atoms with Crippen LogP contribution in [0.4, 0.5) is 0 Å². The number of hydrogen-bond acceptors (Lipinski definition) is 6. The van der Waals surface area contributed by atoms with Gasteiger partial charge in [-0.05, 0) is 28.0 Å². The molecule has 0 aromatic heterocycles. The van der Waals surface area contributed by atoms with Crippen molar-refractivity contribution in [2.75, 3.05) is 13.2 Å². The maximum atomic E-state index is 11.5. The van der Waals surface area contributed by atoms with Crippen LogP contribution >= 0.6 is 8.58 Å². The van der Waals surface area contributed by atoms with Crippen LogP contribution in [0.2, 0.25) is 0 Å². The normalized spacial score (nSPS) is 17.6. The minimum absolute atomic E-state index is 0.281. The first kappa shape index (κ1) is 15.9. The number of carbonyl (C=O) groups excluding carboxylic acids is 1. The Kier molecular flexibility index (Phi) is 8.93. The smallest absolute Gasteiger partial charge is 0.170 e. The van der Waals surface area contributed by atoms with E-state index >= 15 is 0 Å². The first-order chi connectivity index (χ1) is 7.52. The molecule has 0 fully saturated rings. The van der Waals surface area contributed by atoms with Crippen molar-refractivity contribution in [3.05, 3.63) is 0 Å². The average Bonchev–Trinajstić information content (AvgIpc) is 2.27. The topological polar surface area (TPSA) is 130 Å². The van der Waals surface area contributed by atoms with Gasteiger partial charge in [-0.3, -0.25) is 4.79 Å². The van der Waals surface area contributed by atoms with Crippen LogP contribution in [0.3, 0.4) is 0 Å². The standard InChI is InChI=1S/C9H21N2O4P/c10-4-2-1-3-6(11)8(14)16-9(15)7(13)5-12/h6-7,9,12-13,15-16H,1-5,10-11H2. The second-order valence-electron chi connectivity index (χ2n) is 3.59. The minimum atomic E-state index is -1.28. The largest absolute Gasteiger partial charge is 0.394 e. The van der Waals surface area contributed by atoms with Gasteiger partial charge in [-0.2, -0.15) is 0 Å². The predicted molar refractivity (Wildman–Crippen MR) is 63.3 cm³/mol. The third kappa shape index (κ3) is 6.48. The number of unbranched alkanes of at least 4 members (excludes halogenated alkanes) is 1. The zero-order chi connectivity index (χ0) is 12.6. The average molecular weight is 252 g/mol. The summed E-state index contributed by atoms with van der Waals surface area (Å²) in [5.74, 6) is -1.22. The van der Waals surface area contributed by atoms with Gasteiger partial charge in [-0.15, -0.1) is 0 Å². The maximum Gasteiger partial charge on any atom is 0.170 e. The van der Waals surface area contributed by atoms with E-state index < -0.39 is 33.2 Å². The summed E-state index contributed by atoms with van der Waals surface area (Å²) in [6.07, 6.45) is 0.835. The number of nitrogens with two attached hydrogens (primary N) is 2. The molecule has 0 aliphatic rings. The maximum absolute atomic E-state index is 11.5. The molecule has 7 N–H and O–H groups in total. The first-order valence-electron chi connectivity index (χ1n) is 5.26. The van der Waals surface area contributed by atoms with Gasteiger partial charge < -0.3 is 26.8 Å². The van der Waals surface area contributed by atoms with Gasteiger partial charge in [-0.25, -0.2) is 0 Å². The lowest BCUT2D eigenvalue weighted by Crippen LogP contribution is -2.32. The number of rotatable bonds is 9. The van der Waals surface area contributed by atoms with E-state index in [1.807, 2.05) is 0 Å².